The summed E-state index contributed by atoms with van der Waals surface area (Å²) in [6.45, 7) is 6.09. The third kappa shape index (κ3) is 3.43. The van der Waals surface area contributed by atoms with Crippen molar-refractivity contribution < 1.29 is 4.79 Å². The van der Waals surface area contributed by atoms with Crippen molar-refractivity contribution >= 4 is 17.2 Å². The number of nitrogens with zero attached hydrogens (tertiary/aromatic N) is 3. The van der Waals surface area contributed by atoms with Gasteiger partial charge >= 0.3 is 0 Å². The molecule has 4 nitrogen and oxygen atoms in total. The number of carbonyl (C=O) groups excluding carboxylic acids is 1. The average Bonchev–Trinajstić information content (AvgIpc) is 3.21. The number of benzene rings is 1. The molecule has 0 radical (unpaired) electrons. The highest BCUT2D eigenvalue weighted by molar-refractivity contribution is 7.08. The van der Waals surface area contributed by atoms with Gasteiger partial charge in [-0.2, -0.15) is 11.3 Å². The second-order valence-electron chi connectivity index (χ2n) is 8.15. The van der Waals surface area contributed by atoms with E-state index in [1.807, 2.05) is 21.7 Å². The molecule has 2 aromatic rings. The molecule has 1 unspecified atom stereocenters. The zero-order valence-electron chi connectivity index (χ0n) is 15.6. The van der Waals surface area contributed by atoms with Crippen LogP contribution in [0.2, 0.25) is 0 Å². The van der Waals surface area contributed by atoms with E-state index >= 15 is 0 Å². The Labute approximate surface area is 160 Å². The molecular formula is C21H27N3OS. The number of rotatable bonds is 5. The first-order chi connectivity index (χ1) is 12.6. The summed E-state index contributed by atoms with van der Waals surface area (Å²) in [5.41, 5.74) is 2.47. The molecule has 0 aliphatic carbocycles. The van der Waals surface area contributed by atoms with Gasteiger partial charge in [0, 0.05) is 50.1 Å². The molecule has 0 saturated carbocycles. The van der Waals surface area contributed by atoms with Crippen LogP contribution in [0.4, 0.5) is 0 Å². The Hall–Kier alpha value is -1.69. The summed E-state index contributed by atoms with van der Waals surface area (Å²) in [6.07, 6.45) is 0. The van der Waals surface area contributed by atoms with Crippen molar-refractivity contribution in [3.8, 4) is 0 Å². The van der Waals surface area contributed by atoms with Gasteiger partial charge in [-0.1, -0.05) is 30.3 Å². The van der Waals surface area contributed by atoms with Gasteiger partial charge < -0.3 is 9.80 Å². The third-order valence-corrected chi connectivity index (χ3v) is 6.47. The summed E-state index contributed by atoms with van der Waals surface area (Å²) in [5, 5.41) is 3.94. The van der Waals surface area contributed by atoms with Crippen LogP contribution in [0.15, 0.2) is 47.2 Å². The van der Waals surface area contributed by atoms with Crippen molar-refractivity contribution in [2.75, 3.05) is 46.8 Å². The van der Waals surface area contributed by atoms with E-state index in [4.69, 9.17) is 0 Å². The van der Waals surface area contributed by atoms with Crippen LogP contribution in [0.1, 0.15) is 15.9 Å². The highest BCUT2D eigenvalue weighted by atomic mass is 32.1. The van der Waals surface area contributed by atoms with Crippen LogP contribution in [0.25, 0.3) is 0 Å². The number of thiophene rings is 1. The summed E-state index contributed by atoms with van der Waals surface area (Å²) >= 11 is 1.59. The van der Waals surface area contributed by atoms with Crippen molar-refractivity contribution in [2.45, 2.75) is 6.54 Å². The van der Waals surface area contributed by atoms with Crippen molar-refractivity contribution in [3.63, 3.8) is 0 Å². The summed E-state index contributed by atoms with van der Waals surface area (Å²) in [7, 11) is 4.31. The van der Waals surface area contributed by atoms with Crippen LogP contribution in [0.5, 0.6) is 0 Å². The monoisotopic (exact) mass is 369 g/mol. The molecule has 4 rings (SSSR count). The molecule has 1 aromatic heterocycles. The maximum atomic E-state index is 12.6. The number of likely N-dealkylation sites (tertiary alicyclic amines) is 2. The first-order valence-electron chi connectivity index (χ1n) is 9.28. The predicted octanol–water partition coefficient (Wildman–Crippen LogP) is 2.88. The smallest absolute Gasteiger partial charge is 0.254 e. The Kier molecular flexibility index (Phi) is 4.86. The molecule has 138 valence electrons. The van der Waals surface area contributed by atoms with E-state index in [0.29, 0.717) is 5.92 Å². The molecule has 1 amide bonds. The Morgan fingerprint density at radius 3 is 2.62 bits per heavy atom. The fourth-order valence-corrected chi connectivity index (χ4v) is 5.21. The Morgan fingerprint density at radius 2 is 1.96 bits per heavy atom. The highest BCUT2D eigenvalue weighted by Crippen LogP contribution is 2.45. The maximum Gasteiger partial charge on any atom is 0.254 e. The van der Waals surface area contributed by atoms with Gasteiger partial charge in [-0.3, -0.25) is 9.69 Å². The lowest BCUT2D eigenvalue weighted by Crippen LogP contribution is -2.63. The molecule has 3 heterocycles. The zero-order chi connectivity index (χ0) is 18.1. The summed E-state index contributed by atoms with van der Waals surface area (Å²) < 4.78 is 0. The first kappa shape index (κ1) is 17.7. The van der Waals surface area contributed by atoms with E-state index in [-0.39, 0.29) is 11.3 Å². The zero-order valence-corrected chi connectivity index (χ0v) is 16.4. The maximum absolute atomic E-state index is 12.6. The number of carbonyl (C=O) groups is 1. The van der Waals surface area contributed by atoms with Crippen LogP contribution in [0.3, 0.4) is 0 Å². The van der Waals surface area contributed by atoms with Gasteiger partial charge in [-0.15, -0.1) is 0 Å². The second kappa shape index (κ2) is 7.14. The normalized spacial score (nSPS) is 22.1. The molecule has 26 heavy (non-hydrogen) atoms. The summed E-state index contributed by atoms with van der Waals surface area (Å²) in [6, 6.07) is 12.7. The van der Waals surface area contributed by atoms with Crippen molar-refractivity contribution in [2.24, 2.45) is 11.3 Å². The molecule has 1 spiro atoms. The van der Waals surface area contributed by atoms with E-state index in [1.165, 1.54) is 5.56 Å². The lowest BCUT2D eigenvalue weighted by atomic mass is 9.71. The van der Waals surface area contributed by atoms with Gasteiger partial charge in [0.05, 0.1) is 5.56 Å². The molecular weight excluding hydrogens is 342 g/mol. The number of hydrogen-bond acceptors (Lipinski definition) is 4. The van der Waals surface area contributed by atoms with Gasteiger partial charge in [-0.25, -0.2) is 0 Å². The molecule has 0 N–H and O–H groups in total. The quantitative estimate of drug-likeness (QED) is 0.811. The van der Waals surface area contributed by atoms with Crippen molar-refractivity contribution in [1.82, 2.24) is 14.7 Å². The molecule has 1 aromatic carbocycles. The molecule has 2 fully saturated rings. The van der Waals surface area contributed by atoms with E-state index in [2.05, 4.69) is 54.2 Å². The topological polar surface area (TPSA) is 26.8 Å². The van der Waals surface area contributed by atoms with E-state index in [9.17, 15) is 4.79 Å². The fraction of sp³-hybridized carbons (Fsp3) is 0.476. The SMILES string of the molecule is CN(C)CC1CN(Cc2ccccc2)CC12CN(C(=O)c1ccsc1)C2. The Bertz CT molecular complexity index is 738. The van der Waals surface area contributed by atoms with Crippen LogP contribution >= 0.6 is 11.3 Å². The Morgan fingerprint density at radius 1 is 1.19 bits per heavy atom. The van der Waals surface area contributed by atoms with Crippen LogP contribution < -0.4 is 0 Å². The molecule has 2 aliphatic rings. The second-order valence-corrected chi connectivity index (χ2v) is 8.93. The Balaban J connectivity index is 1.44. The first-order valence-corrected chi connectivity index (χ1v) is 10.2. The molecule has 0 bridgehead atoms. The molecule has 5 heteroatoms. The molecule has 2 aliphatic heterocycles. The third-order valence-electron chi connectivity index (χ3n) is 5.78. The fourth-order valence-electron chi connectivity index (χ4n) is 4.58. The highest BCUT2D eigenvalue weighted by Gasteiger charge is 2.55. The minimum Gasteiger partial charge on any atom is -0.337 e. The molecule has 2 saturated heterocycles. The number of amides is 1. The lowest BCUT2D eigenvalue weighted by Gasteiger charge is -2.51. The summed E-state index contributed by atoms with van der Waals surface area (Å²) in [5.74, 6) is 0.815. The van der Waals surface area contributed by atoms with Gasteiger partial charge in [0.1, 0.15) is 0 Å². The van der Waals surface area contributed by atoms with Gasteiger partial charge in [0.2, 0.25) is 0 Å². The standard InChI is InChI=1S/C21H27N3OS/c1-22(2)11-19-12-23(10-17-6-4-3-5-7-17)14-21(19)15-24(16-21)20(25)18-8-9-26-13-18/h3-9,13,19H,10-12,14-16H2,1-2H3. The molecule has 1 atom stereocenters. The predicted molar refractivity (Wildman–Crippen MR) is 106 cm³/mol. The van der Waals surface area contributed by atoms with E-state index in [1.54, 1.807) is 11.3 Å². The van der Waals surface area contributed by atoms with E-state index < -0.39 is 0 Å². The van der Waals surface area contributed by atoms with Crippen LogP contribution in [-0.2, 0) is 6.54 Å². The van der Waals surface area contributed by atoms with Gasteiger partial charge in [-0.05, 0) is 37.0 Å². The number of hydrogen-bond donors (Lipinski definition) is 0. The minimum absolute atomic E-state index is 0.196. The average molecular weight is 370 g/mol. The lowest BCUT2D eigenvalue weighted by molar-refractivity contribution is -0.0154. The minimum atomic E-state index is 0.196. The van der Waals surface area contributed by atoms with Crippen LogP contribution in [0, 0.1) is 11.3 Å². The van der Waals surface area contributed by atoms with Gasteiger partial charge in [0.25, 0.3) is 5.91 Å². The largest absolute Gasteiger partial charge is 0.337 e. The van der Waals surface area contributed by atoms with Crippen molar-refractivity contribution in [1.29, 1.82) is 0 Å². The summed E-state index contributed by atoms with van der Waals surface area (Å²) in [4.78, 5) is 19.5. The van der Waals surface area contributed by atoms with E-state index in [0.717, 1.165) is 44.8 Å². The van der Waals surface area contributed by atoms with Gasteiger partial charge in [0.15, 0.2) is 0 Å². The van der Waals surface area contributed by atoms with Crippen molar-refractivity contribution in [3.05, 3.63) is 58.3 Å². The van der Waals surface area contributed by atoms with Crippen LogP contribution in [-0.4, -0.2) is 67.4 Å².